The summed E-state index contributed by atoms with van der Waals surface area (Å²) in [6.07, 6.45) is 8.21. The number of aryl methyl sites for hydroxylation is 1. The van der Waals surface area contributed by atoms with Crippen LogP contribution < -0.4 is 0 Å². The van der Waals surface area contributed by atoms with Gasteiger partial charge in [-0.2, -0.15) is 0 Å². The molecule has 0 aliphatic carbocycles. The largest absolute Gasteiger partial charge is 0.496 e. The summed E-state index contributed by atoms with van der Waals surface area (Å²) in [5, 5.41) is 1.29. The maximum Gasteiger partial charge on any atom is 0.126 e. The van der Waals surface area contributed by atoms with Gasteiger partial charge >= 0.3 is 0 Å². The van der Waals surface area contributed by atoms with Crippen molar-refractivity contribution < 1.29 is 4.74 Å². The second-order valence-corrected chi connectivity index (χ2v) is 7.56. The summed E-state index contributed by atoms with van der Waals surface area (Å²) in [5.74, 6) is 0.833. The van der Waals surface area contributed by atoms with Crippen LogP contribution in [0.4, 0.5) is 0 Å². The number of para-hydroxylation sites is 1. The van der Waals surface area contributed by atoms with E-state index in [1.165, 1.54) is 16.5 Å². The van der Waals surface area contributed by atoms with Gasteiger partial charge in [-0.3, -0.25) is 0 Å². The Morgan fingerprint density at radius 2 is 1.48 bits per heavy atom. The predicted molar refractivity (Wildman–Crippen MR) is 132 cm³/mol. The minimum Gasteiger partial charge on any atom is -0.496 e. The Labute approximate surface area is 184 Å². The zero-order chi connectivity index (χ0) is 21.5. The number of ether oxygens (including phenoxy) is 1. The molecule has 0 aliphatic heterocycles. The predicted octanol–water partition coefficient (Wildman–Crippen LogP) is 7.43. The number of nitrogens with one attached hydrogen (secondary N) is 1. The van der Waals surface area contributed by atoms with E-state index in [0.717, 1.165) is 40.9 Å². The minimum absolute atomic E-state index is 0.833. The average Bonchev–Trinajstić information content (AvgIpc) is 3.24. The Morgan fingerprint density at radius 1 is 0.839 bits per heavy atom. The smallest absolute Gasteiger partial charge is 0.126 e. The Morgan fingerprint density at radius 3 is 2.19 bits per heavy atom. The second-order valence-electron chi connectivity index (χ2n) is 7.56. The van der Waals surface area contributed by atoms with Gasteiger partial charge in [0.05, 0.1) is 7.11 Å². The first kappa shape index (κ1) is 20.5. The summed E-state index contributed by atoms with van der Waals surface area (Å²) in [7, 11) is 1.72. The summed E-state index contributed by atoms with van der Waals surface area (Å²) in [6.45, 7) is 4.35. The third-order valence-corrected chi connectivity index (χ3v) is 5.42. The molecule has 1 N–H and O–H groups in total. The van der Waals surface area contributed by atoms with E-state index in [0.29, 0.717) is 0 Å². The molecule has 0 spiro atoms. The third kappa shape index (κ3) is 5.04. The SMILES string of the molecule is C=C(/C=C(\C=C(/OC)c1ccccc1)c1ccccc1)CCc1c[nH]c2ccccc12. The fourth-order valence-corrected chi connectivity index (χ4v) is 3.77. The molecule has 3 aromatic carbocycles. The van der Waals surface area contributed by atoms with Crippen LogP contribution in [0.5, 0.6) is 0 Å². The molecule has 2 nitrogen and oxygen atoms in total. The molecule has 31 heavy (non-hydrogen) atoms. The van der Waals surface area contributed by atoms with Crippen LogP contribution in [0, 0.1) is 0 Å². The van der Waals surface area contributed by atoms with E-state index in [-0.39, 0.29) is 0 Å². The summed E-state index contributed by atoms with van der Waals surface area (Å²) >= 11 is 0. The van der Waals surface area contributed by atoms with Crippen LogP contribution in [0.2, 0.25) is 0 Å². The molecule has 0 saturated heterocycles. The number of aromatic amines is 1. The van der Waals surface area contributed by atoms with Crippen LogP contribution in [0.1, 0.15) is 23.1 Å². The summed E-state index contributed by atoms with van der Waals surface area (Å²) < 4.78 is 5.72. The first-order chi connectivity index (χ1) is 15.2. The zero-order valence-corrected chi connectivity index (χ0v) is 17.8. The molecule has 0 atom stereocenters. The number of benzene rings is 3. The highest BCUT2D eigenvalue weighted by atomic mass is 16.5. The molecular formula is C29H27NO. The first-order valence-electron chi connectivity index (χ1n) is 10.6. The maximum atomic E-state index is 5.72. The molecule has 154 valence electrons. The Kier molecular flexibility index (Phi) is 6.49. The topological polar surface area (TPSA) is 25.0 Å². The van der Waals surface area contributed by atoms with Crippen LogP contribution >= 0.6 is 0 Å². The van der Waals surface area contributed by atoms with Crippen LogP contribution in [-0.2, 0) is 11.2 Å². The normalized spacial score (nSPS) is 12.2. The van der Waals surface area contributed by atoms with E-state index in [1.54, 1.807) is 7.11 Å². The van der Waals surface area contributed by atoms with Gasteiger partial charge in [-0.25, -0.2) is 0 Å². The number of hydrogen-bond donors (Lipinski definition) is 1. The highest BCUT2D eigenvalue weighted by molar-refractivity contribution is 5.84. The van der Waals surface area contributed by atoms with Crippen LogP contribution in [0.15, 0.2) is 115 Å². The van der Waals surface area contributed by atoms with E-state index in [1.807, 2.05) is 24.3 Å². The van der Waals surface area contributed by atoms with E-state index in [2.05, 4.69) is 90.6 Å². The van der Waals surface area contributed by atoms with E-state index < -0.39 is 0 Å². The number of H-pyrrole nitrogens is 1. The third-order valence-electron chi connectivity index (χ3n) is 5.42. The molecule has 0 amide bonds. The number of allylic oxidation sites excluding steroid dienone is 4. The number of rotatable bonds is 8. The van der Waals surface area contributed by atoms with Crippen molar-refractivity contribution in [1.82, 2.24) is 4.98 Å². The lowest BCUT2D eigenvalue weighted by Crippen LogP contribution is -1.91. The van der Waals surface area contributed by atoms with Crippen molar-refractivity contribution in [2.45, 2.75) is 12.8 Å². The highest BCUT2D eigenvalue weighted by Gasteiger charge is 2.07. The zero-order valence-electron chi connectivity index (χ0n) is 17.8. The van der Waals surface area contributed by atoms with Crippen LogP contribution in [0.25, 0.3) is 22.2 Å². The van der Waals surface area contributed by atoms with Crippen LogP contribution in [0.3, 0.4) is 0 Å². The van der Waals surface area contributed by atoms with Crippen molar-refractivity contribution in [2.24, 2.45) is 0 Å². The summed E-state index contributed by atoms with van der Waals surface area (Å²) in [4.78, 5) is 3.36. The molecule has 1 heterocycles. The standard InChI is InChI=1S/C29H27NO/c1-22(17-18-25-21-30-28-16-10-9-15-27(25)28)19-26(23-11-5-3-6-12-23)20-29(31-2)24-13-7-4-8-14-24/h3-16,19-21,30H,1,17-18H2,2H3/b26-19+,29-20-. The highest BCUT2D eigenvalue weighted by Crippen LogP contribution is 2.26. The fraction of sp³-hybridized carbons (Fsp3) is 0.103. The van der Waals surface area contributed by atoms with Crippen molar-refractivity contribution in [1.29, 1.82) is 0 Å². The van der Waals surface area contributed by atoms with Gasteiger partial charge in [0.1, 0.15) is 5.76 Å². The van der Waals surface area contributed by atoms with Gasteiger partial charge in [0, 0.05) is 22.7 Å². The van der Waals surface area contributed by atoms with Gasteiger partial charge < -0.3 is 9.72 Å². The van der Waals surface area contributed by atoms with Gasteiger partial charge in [-0.15, -0.1) is 0 Å². The van der Waals surface area contributed by atoms with Crippen molar-refractivity contribution in [3.05, 3.63) is 132 Å². The lowest BCUT2D eigenvalue weighted by Gasteiger charge is -2.10. The quantitative estimate of drug-likeness (QED) is 0.239. The van der Waals surface area contributed by atoms with Crippen LogP contribution in [-0.4, -0.2) is 12.1 Å². The molecule has 2 heteroatoms. The molecule has 0 unspecified atom stereocenters. The molecule has 0 aliphatic rings. The Hall–Kier alpha value is -3.78. The minimum atomic E-state index is 0.833. The molecular weight excluding hydrogens is 378 g/mol. The molecule has 0 saturated carbocycles. The lowest BCUT2D eigenvalue weighted by molar-refractivity contribution is 0.370. The number of aromatic nitrogens is 1. The first-order valence-corrected chi connectivity index (χ1v) is 10.6. The lowest BCUT2D eigenvalue weighted by atomic mass is 9.98. The van der Waals surface area contributed by atoms with E-state index in [9.17, 15) is 0 Å². The monoisotopic (exact) mass is 405 g/mol. The van der Waals surface area contributed by atoms with E-state index >= 15 is 0 Å². The molecule has 0 radical (unpaired) electrons. The molecule has 0 fully saturated rings. The number of methoxy groups -OCH3 is 1. The van der Waals surface area contributed by atoms with Crippen molar-refractivity contribution in [3.63, 3.8) is 0 Å². The molecule has 0 bridgehead atoms. The van der Waals surface area contributed by atoms with Crippen molar-refractivity contribution in [2.75, 3.05) is 7.11 Å². The van der Waals surface area contributed by atoms with Gasteiger partial charge in [0.15, 0.2) is 0 Å². The Balaban J connectivity index is 1.60. The Bertz CT molecular complexity index is 1210. The molecule has 4 aromatic rings. The van der Waals surface area contributed by atoms with Gasteiger partial charge in [-0.1, -0.05) is 97.1 Å². The molecule has 4 rings (SSSR count). The van der Waals surface area contributed by atoms with Crippen molar-refractivity contribution >= 4 is 22.2 Å². The van der Waals surface area contributed by atoms with Gasteiger partial charge in [-0.05, 0) is 41.7 Å². The fourth-order valence-electron chi connectivity index (χ4n) is 3.77. The second kappa shape index (κ2) is 9.82. The van der Waals surface area contributed by atoms with E-state index in [4.69, 9.17) is 4.74 Å². The summed E-state index contributed by atoms with van der Waals surface area (Å²) in [5.41, 5.74) is 6.87. The average molecular weight is 406 g/mol. The number of hydrogen-bond acceptors (Lipinski definition) is 1. The van der Waals surface area contributed by atoms with Gasteiger partial charge in [0.25, 0.3) is 0 Å². The summed E-state index contributed by atoms with van der Waals surface area (Å²) in [6, 6.07) is 29.0. The van der Waals surface area contributed by atoms with Gasteiger partial charge in [0.2, 0.25) is 0 Å². The maximum absolute atomic E-state index is 5.72. The van der Waals surface area contributed by atoms with Crippen molar-refractivity contribution in [3.8, 4) is 0 Å². The molecule has 1 aromatic heterocycles. The number of fused-ring (bicyclic) bond motifs is 1.